The van der Waals surface area contributed by atoms with Crippen LogP contribution in [0.4, 0.5) is 24.5 Å². The number of carbonyl (C=O) groups excluding carboxylic acids is 1. The van der Waals surface area contributed by atoms with Crippen LogP contribution in [0.2, 0.25) is 5.02 Å². The highest BCUT2D eigenvalue weighted by Crippen LogP contribution is 2.37. The minimum Gasteiger partial charge on any atom is -0.380 e. The standard InChI is InChI=1S/C45H46ClF3N4O5S3/c46-35-16-12-32(13-17-35)41-11-5-4-7-34(41)27-31-22-25-53(26-23-31)38-18-14-33(15-19-38)44(54)52-61(57,58)40-20-21-42(43(29-40)60(55,56)45(47,48)49)51-37(28-36-8-6-24-50-36)30-59-39-9-2-1-3-10-39/h1-5,7,9-21,29,31,36-37,50-51H,6,8,22-28,30H2,(H,52,54)/t36-,37+/m0/s1. The van der Waals surface area contributed by atoms with Crippen LogP contribution in [0.25, 0.3) is 11.1 Å². The van der Waals surface area contributed by atoms with E-state index < -0.39 is 47.1 Å². The molecule has 322 valence electrons. The lowest BCUT2D eigenvalue weighted by Crippen LogP contribution is -2.34. The van der Waals surface area contributed by atoms with Crippen molar-refractivity contribution in [1.29, 1.82) is 0 Å². The molecule has 3 N–H and O–H groups in total. The Bertz CT molecular complexity index is 2520. The number of hydrogen-bond acceptors (Lipinski definition) is 9. The fourth-order valence-corrected chi connectivity index (χ4v) is 11.0. The molecule has 9 nitrogen and oxygen atoms in total. The third-order valence-electron chi connectivity index (χ3n) is 11.2. The number of anilines is 2. The minimum absolute atomic E-state index is 0.00159. The smallest absolute Gasteiger partial charge is 0.380 e. The summed E-state index contributed by atoms with van der Waals surface area (Å²) in [6.07, 6.45) is 5.08. The Morgan fingerprint density at radius 2 is 1.54 bits per heavy atom. The van der Waals surface area contributed by atoms with Crippen molar-refractivity contribution in [3.8, 4) is 11.1 Å². The number of nitrogens with zero attached hydrogens (tertiary/aromatic N) is 1. The Labute approximate surface area is 364 Å². The highest BCUT2D eigenvalue weighted by atomic mass is 35.5. The summed E-state index contributed by atoms with van der Waals surface area (Å²) in [5.74, 6) is -0.165. The molecule has 61 heavy (non-hydrogen) atoms. The van der Waals surface area contributed by atoms with Crippen LogP contribution in [0.3, 0.4) is 0 Å². The van der Waals surface area contributed by atoms with E-state index in [0.29, 0.717) is 29.2 Å². The number of halogens is 4. The van der Waals surface area contributed by atoms with E-state index in [9.17, 15) is 34.8 Å². The molecule has 2 aliphatic heterocycles. The quantitative estimate of drug-likeness (QED) is 0.0882. The van der Waals surface area contributed by atoms with Gasteiger partial charge in [-0.15, -0.1) is 11.8 Å². The minimum atomic E-state index is -6.03. The molecule has 2 atom stereocenters. The largest absolute Gasteiger partial charge is 0.501 e. The molecule has 2 saturated heterocycles. The first-order valence-electron chi connectivity index (χ1n) is 20.1. The number of alkyl halides is 3. The Hall–Kier alpha value is -4.54. The molecular weight excluding hydrogens is 865 g/mol. The van der Waals surface area contributed by atoms with E-state index in [1.54, 1.807) is 12.1 Å². The number of carbonyl (C=O) groups is 1. The molecule has 0 spiro atoms. The highest BCUT2D eigenvalue weighted by molar-refractivity contribution is 7.99. The summed E-state index contributed by atoms with van der Waals surface area (Å²) < 4.78 is 97.1. The summed E-state index contributed by atoms with van der Waals surface area (Å²) in [6.45, 7) is 2.36. The van der Waals surface area contributed by atoms with Crippen LogP contribution < -0.4 is 20.3 Å². The fraction of sp³-hybridized carbons (Fsp3) is 0.311. The van der Waals surface area contributed by atoms with Crippen LogP contribution in [0.1, 0.15) is 48.0 Å². The maximum atomic E-state index is 14.1. The zero-order valence-electron chi connectivity index (χ0n) is 33.1. The third kappa shape index (κ3) is 11.1. The van der Waals surface area contributed by atoms with E-state index in [1.165, 1.54) is 35.0 Å². The monoisotopic (exact) mass is 910 g/mol. The molecule has 2 fully saturated rings. The fourth-order valence-electron chi connectivity index (χ4n) is 7.92. The van der Waals surface area contributed by atoms with Gasteiger partial charge in [0, 0.05) is 52.1 Å². The van der Waals surface area contributed by atoms with Crippen molar-refractivity contribution in [2.75, 3.05) is 35.6 Å². The summed E-state index contributed by atoms with van der Waals surface area (Å²) in [5.41, 5.74) is -1.68. The van der Waals surface area contributed by atoms with Gasteiger partial charge < -0.3 is 15.5 Å². The first kappa shape index (κ1) is 44.5. The average molecular weight is 912 g/mol. The lowest BCUT2D eigenvalue weighted by molar-refractivity contribution is -0.0435. The van der Waals surface area contributed by atoms with Gasteiger partial charge in [-0.1, -0.05) is 66.2 Å². The first-order chi connectivity index (χ1) is 29.2. The lowest BCUT2D eigenvalue weighted by atomic mass is 9.87. The topological polar surface area (TPSA) is 125 Å². The molecule has 0 saturated carbocycles. The number of benzene rings is 5. The van der Waals surface area contributed by atoms with Crippen LogP contribution in [-0.2, 0) is 26.3 Å². The summed E-state index contributed by atoms with van der Waals surface area (Å²) >= 11 is 7.57. The lowest BCUT2D eigenvalue weighted by Gasteiger charge is -2.34. The van der Waals surface area contributed by atoms with Gasteiger partial charge in [0.25, 0.3) is 25.8 Å². The number of rotatable bonds is 15. The van der Waals surface area contributed by atoms with Crippen LogP contribution in [0.5, 0.6) is 0 Å². The molecule has 5 aromatic rings. The van der Waals surface area contributed by atoms with Crippen molar-refractivity contribution >= 4 is 60.5 Å². The van der Waals surface area contributed by atoms with E-state index in [2.05, 4.69) is 33.7 Å². The van der Waals surface area contributed by atoms with Gasteiger partial charge in [0.2, 0.25) is 0 Å². The van der Waals surface area contributed by atoms with Gasteiger partial charge in [0.05, 0.1) is 10.6 Å². The maximum Gasteiger partial charge on any atom is 0.501 e. The van der Waals surface area contributed by atoms with E-state index in [4.69, 9.17) is 11.6 Å². The summed E-state index contributed by atoms with van der Waals surface area (Å²) in [5, 5.41) is 7.05. The SMILES string of the molecule is O=C(NS(=O)(=O)c1ccc(N[C@@H](CSc2ccccc2)C[C@@H]2CCCN2)c(S(=O)(=O)C(F)(F)F)c1)c1ccc(N2CCC(Cc3ccccc3-c3ccc(Cl)cc3)CC2)cc1. The van der Waals surface area contributed by atoms with E-state index in [-0.39, 0.29) is 17.3 Å². The highest BCUT2D eigenvalue weighted by Gasteiger charge is 2.48. The van der Waals surface area contributed by atoms with Crippen molar-refractivity contribution in [3.63, 3.8) is 0 Å². The number of hydrogen-bond donors (Lipinski definition) is 3. The third-order valence-corrected chi connectivity index (χ3v) is 15.4. The molecular formula is C45H46ClF3N4O5S3. The number of piperidine rings is 1. The van der Waals surface area contributed by atoms with Crippen LogP contribution in [0, 0.1) is 5.92 Å². The molecule has 0 aromatic heterocycles. The van der Waals surface area contributed by atoms with Crippen molar-refractivity contribution in [1.82, 2.24) is 10.0 Å². The molecule has 16 heteroatoms. The van der Waals surface area contributed by atoms with Gasteiger partial charge in [-0.3, -0.25) is 4.79 Å². The molecule has 0 aliphatic carbocycles. The zero-order chi connectivity index (χ0) is 43.2. The number of thioether (sulfide) groups is 1. The second kappa shape index (κ2) is 19.2. The molecule has 0 radical (unpaired) electrons. The predicted molar refractivity (Wildman–Crippen MR) is 237 cm³/mol. The molecule has 1 amide bonds. The van der Waals surface area contributed by atoms with Crippen molar-refractivity contribution < 1.29 is 34.8 Å². The first-order valence-corrected chi connectivity index (χ1v) is 24.4. The Balaban J connectivity index is 1.02. The van der Waals surface area contributed by atoms with Gasteiger partial charge in [0.1, 0.15) is 4.90 Å². The van der Waals surface area contributed by atoms with Crippen molar-refractivity contribution in [2.24, 2.45) is 5.92 Å². The summed E-state index contributed by atoms with van der Waals surface area (Å²) in [6, 6.07) is 34.0. The molecule has 5 aromatic carbocycles. The number of sulfonamides is 1. The number of sulfone groups is 1. The van der Waals surface area contributed by atoms with Crippen LogP contribution in [0.15, 0.2) is 136 Å². The molecule has 7 rings (SSSR count). The maximum absolute atomic E-state index is 14.1. The van der Waals surface area contributed by atoms with Gasteiger partial charge in [-0.25, -0.2) is 21.6 Å². The van der Waals surface area contributed by atoms with Crippen LogP contribution in [-0.4, -0.2) is 65.7 Å². The van der Waals surface area contributed by atoms with Gasteiger partial charge >= 0.3 is 5.51 Å². The van der Waals surface area contributed by atoms with Gasteiger partial charge in [0.15, 0.2) is 0 Å². The summed E-state index contributed by atoms with van der Waals surface area (Å²) in [4.78, 5) is 14.3. The average Bonchev–Trinajstić information content (AvgIpc) is 3.77. The second-order valence-corrected chi connectivity index (χ2v) is 20.5. The number of nitrogens with one attached hydrogen (secondary N) is 3. The van der Waals surface area contributed by atoms with E-state index in [0.717, 1.165) is 80.0 Å². The molecule has 2 heterocycles. The number of amides is 1. The Kier molecular flexibility index (Phi) is 14.0. The van der Waals surface area contributed by atoms with Crippen molar-refractivity contribution in [2.45, 2.75) is 70.8 Å². The molecule has 0 unspecified atom stereocenters. The second-order valence-electron chi connectivity index (χ2n) is 15.4. The van der Waals surface area contributed by atoms with E-state index >= 15 is 0 Å². The van der Waals surface area contributed by atoms with Crippen molar-refractivity contribution in [3.05, 3.63) is 137 Å². The van der Waals surface area contributed by atoms with Crippen LogP contribution >= 0.6 is 23.4 Å². The van der Waals surface area contributed by atoms with Gasteiger partial charge in [-0.05, 0) is 134 Å². The normalized spacial score (nSPS) is 16.9. The summed E-state index contributed by atoms with van der Waals surface area (Å²) in [7, 11) is -10.9. The molecule has 0 bridgehead atoms. The van der Waals surface area contributed by atoms with Gasteiger partial charge in [-0.2, -0.15) is 13.2 Å². The molecule has 2 aliphatic rings. The zero-order valence-corrected chi connectivity index (χ0v) is 36.3. The Morgan fingerprint density at radius 3 is 2.21 bits per heavy atom. The van der Waals surface area contributed by atoms with E-state index in [1.807, 2.05) is 65.4 Å². The predicted octanol–water partition coefficient (Wildman–Crippen LogP) is 9.59. The Morgan fingerprint density at radius 1 is 0.852 bits per heavy atom.